The Hall–Kier alpha value is -4.59. The average Bonchev–Trinajstić information content (AvgIpc) is 2.92. The lowest BCUT2D eigenvalue weighted by Gasteiger charge is -2.42. The number of pyridine rings is 1. The molecule has 214 valence electrons. The Labute approximate surface area is 228 Å². The number of nitrogens with zero attached hydrogens (tertiary/aromatic N) is 1. The molecule has 10 nitrogen and oxygen atoms in total. The number of ketones is 2. The van der Waals surface area contributed by atoms with Crippen molar-refractivity contribution in [1.29, 1.82) is 0 Å². The van der Waals surface area contributed by atoms with Gasteiger partial charge in [0.25, 0.3) is 0 Å². The number of hydrogen-bond donors (Lipinski definition) is 2. The zero-order chi connectivity index (χ0) is 29.8. The molecule has 0 unspecified atom stereocenters. The van der Waals surface area contributed by atoms with Gasteiger partial charge in [-0.3, -0.25) is 24.2 Å². The van der Waals surface area contributed by atoms with E-state index < -0.39 is 77.4 Å². The van der Waals surface area contributed by atoms with Crippen LogP contribution in [0.15, 0.2) is 42.6 Å². The monoisotopic (exact) mass is 576 g/mol. The second kappa shape index (κ2) is 10.1. The van der Waals surface area contributed by atoms with Crippen LogP contribution >= 0.6 is 0 Å². The van der Waals surface area contributed by atoms with Crippen molar-refractivity contribution in [2.24, 2.45) is 0 Å². The number of benzene rings is 2. The van der Waals surface area contributed by atoms with Gasteiger partial charge in [0.2, 0.25) is 12.5 Å². The summed E-state index contributed by atoms with van der Waals surface area (Å²) in [4.78, 5) is 54.2. The minimum atomic E-state index is -5.32. The summed E-state index contributed by atoms with van der Waals surface area (Å²) in [6.07, 6.45) is -12.0. The molecule has 1 aliphatic carbocycles. The van der Waals surface area contributed by atoms with Crippen LogP contribution in [0.3, 0.4) is 0 Å². The van der Waals surface area contributed by atoms with Crippen molar-refractivity contribution in [2.45, 2.75) is 50.7 Å². The van der Waals surface area contributed by atoms with Gasteiger partial charge in [-0.25, -0.2) is 4.39 Å². The number of nitrogens with one attached hydrogen (secondary N) is 1. The van der Waals surface area contributed by atoms with Gasteiger partial charge in [0, 0.05) is 35.2 Å². The van der Waals surface area contributed by atoms with Crippen LogP contribution in [0.2, 0.25) is 0 Å². The maximum Gasteiger partial charge on any atom is 0.471 e. The van der Waals surface area contributed by atoms with E-state index in [0.717, 1.165) is 6.92 Å². The molecule has 2 N–H and O–H groups in total. The predicted octanol–water partition coefficient (Wildman–Crippen LogP) is 3.16. The van der Waals surface area contributed by atoms with Gasteiger partial charge in [-0.2, -0.15) is 13.2 Å². The van der Waals surface area contributed by atoms with E-state index in [4.69, 9.17) is 14.2 Å². The summed E-state index contributed by atoms with van der Waals surface area (Å²) in [6.45, 7) is 2.07. The van der Waals surface area contributed by atoms with E-state index in [2.05, 4.69) is 4.98 Å². The number of carbonyl (C=O) groups is 4. The summed E-state index contributed by atoms with van der Waals surface area (Å²) in [7, 11) is 0. The molecule has 0 saturated carbocycles. The number of hydrogen-bond acceptors (Lipinski definition) is 9. The quantitative estimate of drug-likeness (QED) is 0.277. The van der Waals surface area contributed by atoms with Crippen molar-refractivity contribution in [3.8, 4) is 11.5 Å². The second-order valence-electron chi connectivity index (χ2n) is 9.37. The van der Waals surface area contributed by atoms with Crippen molar-refractivity contribution in [3.63, 3.8) is 0 Å². The lowest BCUT2D eigenvalue weighted by atomic mass is 9.81. The largest absolute Gasteiger partial charge is 0.504 e. The van der Waals surface area contributed by atoms with Crippen LogP contribution in [-0.2, 0) is 19.1 Å². The fourth-order valence-electron chi connectivity index (χ4n) is 4.95. The molecule has 1 aromatic heterocycles. The minimum absolute atomic E-state index is 0.0126. The molecule has 2 aliphatic rings. The number of phenolic OH excluding ortho intramolecular Hbond substituents is 1. The highest BCUT2D eigenvalue weighted by atomic mass is 19.4. The first-order valence-corrected chi connectivity index (χ1v) is 12.1. The molecule has 0 bridgehead atoms. The molecule has 2 heterocycles. The van der Waals surface area contributed by atoms with E-state index in [1.807, 2.05) is 0 Å². The smallest absolute Gasteiger partial charge is 0.471 e. The van der Waals surface area contributed by atoms with Gasteiger partial charge in [0.15, 0.2) is 29.2 Å². The standard InChI is InChI=1S/C27H20F4N2O8/c1-10-18(33-26(38)27(29,30)31)23(40-11(2)34)17(28)25(39-10)41-24-19-14(8-5-9-32-19)15-16(22(24)37)21(36)13-7-4-3-6-12(13)20(15)35/h3-10,17-18,23,25,37H,1-2H3,(H,33,38)/t10-,17+,18-,23-,25-/m0/s1. The van der Waals surface area contributed by atoms with Crippen molar-refractivity contribution in [3.05, 3.63) is 64.8 Å². The summed E-state index contributed by atoms with van der Waals surface area (Å²) >= 11 is 0. The van der Waals surface area contributed by atoms with Crippen molar-refractivity contribution in [1.82, 2.24) is 10.3 Å². The number of amides is 1. The summed E-state index contributed by atoms with van der Waals surface area (Å²) in [6, 6.07) is 7.08. The van der Waals surface area contributed by atoms with Crippen molar-refractivity contribution >= 4 is 34.3 Å². The van der Waals surface area contributed by atoms with Gasteiger partial charge in [-0.1, -0.05) is 30.3 Å². The average molecular weight is 576 g/mol. The third-order valence-electron chi connectivity index (χ3n) is 6.74. The Balaban J connectivity index is 1.57. The summed E-state index contributed by atoms with van der Waals surface area (Å²) < 4.78 is 70.4. The molecule has 2 aromatic carbocycles. The molecule has 1 saturated heterocycles. The first kappa shape index (κ1) is 28.0. The summed E-state index contributed by atoms with van der Waals surface area (Å²) in [5.74, 6) is -6.17. The van der Waals surface area contributed by atoms with Crippen LogP contribution in [-0.4, -0.2) is 70.4 Å². The molecule has 3 aromatic rings. The van der Waals surface area contributed by atoms with Crippen LogP contribution in [0, 0.1) is 0 Å². The number of fused-ring (bicyclic) bond motifs is 4. The second-order valence-corrected chi connectivity index (χ2v) is 9.37. The van der Waals surface area contributed by atoms with Gasteiger partial charge in [-0.15, -0.1) is 0 Å². The van der Waals surface area contributed by atoms with Crippen LogP contribution < -0.4 is 10.1 Å². The fourth-order valence-corrected chi connectivity index (χ4v) is 4.95. The summed E-state index contributed by atoms with van der Waals surface area (Å²) in [5, 5.41) is 12.9. The molecular formula is C27H20F4N2O8. The van der Waals surface area contributed by atoms with E-state index in [9.17, 15) is 37.5 Å². The normalized spacial score (nSPS) is 23.9. The molecule has 0 radical (unpaired) electrons. The molecule has 41 heavy (non-hydrogen) atoms. The fraction of sp³-hybridized carbons (Fsp3) is 0.296. The Morgan fingerprint density at radius 2 is 1.68 bits per heavy atom. The molecule has 5 rings (SSSR count). The number of halogens is 4. The van der Waals surface area contributed by atoms with Gasteiger partial charge < -0.3 is 24.6 Å². The molecule has 1 aliphatic heterocycles. The minimum Gasteiger partial charge on any atom is -0.504 e. The van der Waals surface area contributed by atoms with Gasteiger partial charge in [-0.05, 0) is 13.0 Å². The third-order valence-corrected chi connectivity index (χ3v) is 6.74. The van der Waals surface area contributed by atoms with Gasteiger partial charge in [0.1, 0.15) is 5.52 Å². The van der Waals surface area contributed by atoms with Crippen LogP contribution in [0.1, 0.15) is 45.7 Å². The van der Waals surface area contributed by atoms with Crippen LogP contribution in [0.4, 0.5) is 17.6 Å². The van der Waals surface area contributed by atoms with Crippen LogP contribution in [0.5, 0.6) is 11.5 Å². The number of aromatic nitrogens is 1. The van der Waals surface area contributed by atoms with E-state index in [0.29, 0.717) is 0 Å². The zero-order valence-electron chi connectivity index (χ0n) is 21.2. The number of ether oxygens (including phenoxy) is 3. The molecule has 1 amide bonds. The molecule has 14 heteroatoms. The Morgan fingerprint density at radius 1 is 1.05 bits per heavy atom. The number of alkyl halides is 4. The lowest BCUT2D eigenvalue weighted by molar-refractivity contribution is -0.233. The maximum atomic E-state index is 15.8. The van der Waals surface area contributed by atoms with E-state index in [1.165, 1.54) is 43.5 Å². The van der Waals surface area contributed by atoms with Crippen molar-refractivity contribution in [2.75, 3.05) is 0 Å². The van der Waals surface area contributed by atoms with Gasteiger partial charge in [0.05, 0.1) is 17.7 Å². The predicted molar refractivity (Wildman–Crippen MR) is 130 cm³/mol. The molecule has 0 spiro atoms. The van der Waals surface area contributed by atoms with E-state index in [1.54, 1.807) is 11.4 Å². The van der Waals surface area contributed by atoms with E-state index >= 15 is 4.39 Å². The topological polar surface area (TPSA) is 141 Å². The number of aromatic hydroxyl groups is 1. The van der Waals surface area contributed by atoms with Gasteiger partial charge >= 0.3 is 18.1 Å². The van der Waals surface area contributed by atoms with E-state index in [-0.39, 0.29) is 27.6 Å². The Bertz CT molecular complexity index is 1610. The molecular weight excluding hydrogens is 556 g/mol. The lowest BCUT2D eigenvalue weighted by Crippen LogP contribution is -2.64. The highest BCUT2D eigenvalue weighted by Gasteiger charge is 2.52. The zero-order valence-corrected chi connectivity index (χ0v) is 21.2. The Kier molecular flexibility index (Phi) is 6.89. The van der Waals surface area contributed by atoms with Crippen molar-refractivity contribution < 1.29 is 56.1 Å². The van der Waals surface area contributed by atoms with Crippen LogP contribution in [0.25, 0.3) is 10.9 Å². The molecule has 1 fully saturated rings. The number of esters is 1. The Morgan fingerprint density at radius 3 is 2.29 bits per heavy atom. The number of rotatable bonds is 4. The first-order valence-electron chi connectivity index (χ1n) is 12.1. The highest BCUT2D eigenvalue weighted by Crippen LogP contribution is 2.45. The maximum absolute atomic E-state index is 15.8. The number of carbonyl (C=O) groups excluding carboxylic acids is 4. The summed E-state index contributed by atoms with van der Waals surface area (Å²) in [5.41, 5.74) is -0.602. The molecule has 5 atom stereocenters. The first-order chi connectivity index (χ1) is 19.3. The number of phenols is 1. The highest BCUT2D eigenvalue weighted by molar-refractivity contribution is 6.33. The SMILES string of the molecule is CC(=O)O[C@H]1[C@@H](F)[C@H](Oc2c(O)c3c(c4cccnc24)C(=O)c2ccccc2C3=O)O[C@@H](C)[C@@H]1NC(=O)C(F)(F)F. The third kappa shape index (κ3) is 4.73.